The molecule has 0 bridgehead atoms. The summed E-state index contributed by atoms with van der Waals surface area (Å²) in [6.07, 6.45) is 0. The monoisotopic (exact) mass is 229 g/mol. The summed E-state index contributed by atoms with van der Waals surface area (Å²) < 4.78 is 10.9. The van der Waals surface area contributed by atoms with Crippen molar-refractivity contribution in [3.05, 3.63) is 54.1 Å². The molecule has 0 aromatic heterocycles. The second-order valence-corrected chi connectivity index (χ2v) is 3.67. The van der Waals surface area contributed by atoms with Gasteiger partial charge in [0.15, 0.2) is 0 Å². The summed E-state index contributed by atoms with van der Waals surface area (Å²) in [5.41, 5.74) is 7.39. The summed E-state index contributed by atoms with van der Waals surface area (Å²) >= 11 is 0. The number of rotatable bonds is 4. The van der Waals surface area contributed by atoms with E-state index in [-0.39, 0.29) is 0 Å². The van der Waals surface area contributed by atoms with Gasteiger partial charge in [-0.15, -0.1) is 0 Å². The van der Waals surface area contributed by atoms with Crippen molar-refractivity contribution in [1.29, 1.82) is 0 Å². The summed E-state index contributed by atoms with van der Waals surface area (Å²) in [5, 5.41) is 0. The van der Waals surface area contributed by atoms with Crippen molar-refractivity contribution < 1.29 is 9.47 Å². The molecule has 17 heavy (non-hydrogen) atoms. The fourth-order valence-electron chi connectivity index (χ4n) is 1.59. The number of nitrogens with two attached hydrogens (primary N) is 1. The van der Waals surface area contributed by atoms with Crippen LogP contribution < -0.4 is 15.2 Å². The molecular formula is C14H15NO2. The smallest absolute Gasteiger partial charge is 0.125 e. The molecule has 0 fully saturated rings. The molecule has 0 aliphatic heterocycles. The number of ether oxygens (including phenoxy) is 2. The Bertz CT molecular complexity index is 497. The van der Waals surface area contributed by atoms with Crippen LogP contribution in [0.15, 0.2) is 48.5 Å². The minimum atomic E-state index is 0.466. The van der Waals surface area contributed by atoms with E-state index in [1.54, 1.807) is 13.2 Å². The van der Waals surface area contributed by atoms with Gasteiger partial charge in [0.25, 0.3) is 0 Å². The summed E-state index contributed by atoms with van der Waals surface area (Å²) in [5.74, 6) is 1.59. The number of para-hydroxylation sites is 1. The number of methoxy groups -OCH3 is 1. The Morgan fingerprint density at radius 3 is 2.65 bits per heavy atom. The van der Waals surface area contributed by atoms with E-state index in [0.717, 1.165) is 17.1 Å². The van der Waals surface area contributed by atoms with Crippen molar-refractivity contribution in [2.45, 2.75) is 6.61 Å². The molecule has 2 aromatic carbocycles. The maximum atomic E-state index is 5.68. The van der Waals surface area contributed by atoms with Gasteiger partial charge in [-0.2, -0.15) is 0 Å². The molecule has 2 aromatic rings. The fraction of sp³-hybridized carbons (Fsp3) is 0.143. The van der Waals surface area contributed by atoms with E-state index >= 15 is 0 Å². The highest BCUT2D eigenvalue weighted by Gasteiger charge is 2.02. The van der Waals surface area contributed by atoms with Crippen LogP contribution in [-0.2, 0) is 6.61 Å². The maximum Gasteiger partial charge on any atom is 0.125 e. The Balaban J connectivity index is 2.07. The Morgan fingerprint density at radius 1 is 1.06 bits per heavy atom. The summed E-state index contributed by atoms with van der Waals surface area (Å²) in [4.78, 5) is 0. The molecule has 0 heterocycles. The fourth-order valence-corrected chi connectivity index (χ4v) is 1.59. The van der Waals surface area contributed by atoms with Gasteiger partial charge in [-0.1, -0.05) is 24.3 Å². The lowest BCUT2D eigenvalue weighted by molar-refractivity contribution is 0.297. The molecule has 0 saturated carbocycles. The van der Waals surface area contributed by atoms with Crippen molar-refractivity contribution >= 4 is 5.69 Å². The average Bonchev–Trinajstić information content (AvgIpc) is 2.37. The van der Waals surface area contributed by atoms with Crippen molar-refractivity contribution in [2.24, 2.45) is 0 Å². The highest BCUT2D eigenvalue weighted by atomic mass is 16.5. The highest BCUT2D eigenvalue weighted by molar-refractivity contribution is 5.43. The van der Waals surface area contributed by atoms with Crippen LogP contribution in [0.2, 0.25) is 0 Å². The summed E-state index contributed by atoms with van der Waals surface area (Å²) in [6, 6.07) is 15.2. The molecule has 0 aliphatic carbocycles. The number of hydrogen-bond donors (Lipinski definition) is 1. The molecule has 0 radical (unpaired) electrons. The number of nitrogen functional groups attached to an aromatic ring is 1. The van der Waals surface area contributed by atoms with E-state index in [0.29, 0.717) is 12.3 Å². The standard InChI is InChI=1S/C14H15NO2/c1-16-14-8-3-2-5-11(14)10-17-13-7-4-6-12(15)9-13/h2-9H,10,15H2,1H3. The van der Waals surface area contributed by atoms with Gasteiger partial charge in [-0.25, -0.2) is 0 Å². The first-order chi connectivity index (χ1) is 8.29. The molecule has 2 rings (SSSR count). The van der Waals surface area contributed by atoms with Gasteiger partial charge in [0, 0.05) is 17.3 Å². The summed E-state index contributed by atoms with van der Waals surface area (Å²) in [6.45, 7) is 0.466. The topological polar surface area (TPSA) is 44.5 Å². The Hall–Kier alpha value is -2.16. The predicted molar refractivity (Wildman–Crippen MR) is 68.2 cm³/mol. The van der Waals surface area contributed by atoms with Gasteiger partial charge in [-0.3, -0.25) is 0 Å². The second-order valence-electron chi connectivity index (χ2n) is 3.67. The first-order valence-corrected chi connectivity index (χ1v) is 5.40. The van der Waals surface area contributed by atoms with Crippen LogP contribution in [0.1, 0.15) is 5.56 Å². The van der Waals surface area contributed by atoms with E-state index in [9.17, 15) is 0 Å². The molecule has 0 unspecified atom stereocenters. The molecule has 88 valence electrons. The highest BCUT2D eigenvalue weighted by Crippen LogP contribution is 2.21. The molecule has 0 spiro atoms. The first kappa shape index (κ1) is 11.3. The van der Waals surface area contributed by atoms with E-state index in [1.807, 2.05) is 42.5 Å². The summed E-state index contributed by atoms with van der Waals surface area (Å²) in [7, 11) is 1.65. The van der Waals surface area contributed by atoms with E-state index < -0.39 is 0 Å². The lowest BCUT2D eigenvalue weighted by Gasteiger charge is -2.10. The van der Waals surface area contributed by atoms with Gasteiger partial charge in [0.1, 0.15) is 18.1 Å². The first-order valence-electron chi connectivity index (χ1n) is 5.40. The van der Waals surface area contributed by atoms with Crippen LogP contribution in [0.4, 0.5) is 5.69 Å². The second kappa shape index (κ2) is 5.25. The maximum absolute atomic E-state index is 5.68. The van der Waals surface area contributed by atoms with Crippen LogP contribution in [0.5, 0.6) is 11.5 Å². The van der Waals surface area contributed by atoms with E-state index in [1.165, 1.54) is 0 Å². The molecule has 0 amide bonds. The number of anilines is 1. The lowest BCUT2D eigenvalue weighted by Crippen LogP contribution is -1.98. The van der Waals surface area contributed by atoms with Gasteiger partial charge >= 0.3 is 0 Å². The van der Waals surface area contributed by atoms with E-state index in [2.05, 4.69) is 0 Å². The van der Waals surface area contributed by atoms with Crippen LogP contribution in [0.25, 0.3) is 0 Å². The zero-order valence-corrected chi connectivity index (χ0v) is 9.72. The molecule has 3 nitrogen and oxygen atoms in total. The quantitative estimate of drug-likeness (QED) is 0.820. The predicted octanol–water partition coefficient (Wildman–Crippen LogP) is 2.86. The van der Waals surface area contributed by atoms with Crippen molar-refractivity contribution in [2.75, 3.05) is 12.8 Å². The largest absolute Gasteiger partial charge is 0.496 e. The molecule has 0 atom stereocenters. The molecule has 3 heteroatoms. The molecule has 0 aliphatic rings. The molecular weight excluding hydrogens is 214 g/mol. The Kier molecular flexibility index (Phi) is 3.50. The van der Waals surface area contributed by atoms with Gasteiger partial charge < -0.3 is 15.2 Å². The van der Waals surface area contributed by atoms with Crippen LogP contribution in [-0.4, -0.2) is 7.11 Å². The number of benzene rings is 2. The van der Waals surface area contributed by atoms with Crippen molar-refractivity contribution in [1.82, 2.24) is 0 Å². The Morgan fingerprint density at radius 2 is 1.88 bits per heavy atom. The van der Waals surface area contributed by atoms with Crippen molar-refractivity contribution in [3.8, 4) is 11.5 Å². The van der Waals surface area contributed by atoms with Crippen LogP contribution >= 0.6 is 0 Å². The third-order valence-electron chi connectivity index (χ3n) is 2.44. The van der Waals surface area contributed by atoms with Crippen LogP contribution in [0, 0.1) is 0 Å². The number of hydrogen-bond acceptors (Lipinski definition) is 3. The van der Waals surface area contributed by atoms with E-state index in [4.69, 9.17) is 15.2 Å². The normalized spacial score (nSPS) is 9.94. The minimum Gasteiger partial charge on any atom is -0.496 e. The van der Waals surface area contributed by atoms with Gasteiger partial charge in [0.2, 0.25) is 0 Å². The van der Waals surface area contributed by atoms with Crippen molar-refractivity contribution in [3.63, 3.8) is 0 Å². The van der Waals surface area contributed by atoms with Gasteiger partial charge in [0.05, 0.1) is 7.11 Å². The molecule has 2 N–H and O–H groups in total. The zero-order chi connectivity index (χ0) is 12.1. The third kappa shape index (κ3) is 2.91. The minimum absolute atomic E-state index is 0.466. The zero-order valence-electron chi connectivity index (χ0n) is 9.72. The SMILES string of the molecule is COc1ccccc1COc1cccc(N)c1. The third-order valence-corrected chi connectivity index (χ3v) is 2.44. The van der Waals surface area contributed by atoms with Gasteiger partial charge in [-0.05, 0) is 18.2 Å². The molecule has 0 saturated heterocycles. The average molecular weight is 229 g/mol. The Labute approximate surface area is 101 Å². The lowest BCUT2D eigenvalue weighted by atomic mass is 10.2. The van der Waals surface area contributed by atoms with Crippen LogP contribution in [0.3, 0.4) is 0 Å².